The average Bonchev–Trinajstić information content (AvgIpc) is 2.55. The predicted octanol–water partition coefficient (Wildman–Crippen LogP) is 3.39. The van der Waals surface area contributed by atoms with Crippen molar-refractivity contribution in [3.05, 3.63) is 69.2 Å². The number of hydrogen-bond donors (Lipinski definition) is 2. The van der Waals surface area contributed by atoms with Gasteiger partial charge < -0.3 is 10.6 Å². The van der Waals surface area contributed by atoms with Gasteiger partial charge >= 0.3 is 0 Å². The van der Waals surface area contributed by atoms with Crippen LogP contribution in [0.1, 0.15) is 21.5 Å². The normalized spacial score (nSPS) is 10.3. The zero-order chi connectivity index (χ0) is 17.5. The molecule has 0 radical (unpaired) electrons. The van der Waals surface area contributed by atoms with E-state index in [-0.39, 0.29) is 18.4 Å². The van der Waals surface area contributed by atoms with Gasteiger partial charge in [0.2, 0.25) is 5.91 Å². The summed E-state index contributed by atoms with van der Waals surface area (Å²) >= 11 is 11.9. The number of aryl methyl sites for hydroxylation is 1. The van der Waals surface area contributed by atoms with Crippen LogP contribution in [-0.4, -0.2) is 24.9 Å². The van der Waals surface area contributed by atoms with E-state index in [1.165, 1.54) is 0 Å². The smallest absolute Gasteiger partial charge is 0.251 e. The van der Waals surface area contributed by atoms with E-state index in [0.29, 0.717) is 28.6 Å². The maximum atomic E-state index is 12.0. The number of hydrogen-bond acceptors (Lipinski definition) is 2. The molecule has 0 aliphatic rings. The first-order chi connectivity index (χ1) is 11.5. The monoisotopic (exact) mass is 364 g/mol. The molecule has 0 bridgehead atoms. The molecule has 24 heavy (non-hydrogen) atoms. The molecule has 0 saturated heterocycles. The van der Waals surface area contributed by atoms with Crippen molar-refractivity contribution in [2.45, 2.75) is 13.3 Å². The maximum Gasteiger partial charge on any atom is 0.251 e. The molecule has 6 heteroatoms. The molecule has 0 heterocycles. The Morgan fingerprint density at radius 1 is 1.04 bits per heavy atom. The molecule has 2 amide bonds. The third-order valence-corrected chi connectivity index (χ3v) is 4.12. The van der Waals surface area contributed by atoms with Gasteiger partial charge in [0.1, 0.15) is 0 Å². The molecule has 0 fully saturated rings. The van der Waals surface area contributed by atoms with Crippen LogP contribution in [0.2, 0.25) is 10.0 Å². The van der Waals surface area contributed by atoms with Crippen LogP contribution in [-0.2, 0) is 11.2 Å². The van der Waals surface area contributed by atoms with Crippen LogP contribution in [0.4, 0.5) is 0 Å². The molecule has 126 valence electrons. The zero-order valence-electron chi connectivity index (χ0n) is 13.2. The second kappa shape index (κ2) is 8.71. The van der Waals surface area contributed by atoms with Crippen LogP contribution in [0.25, 0.3) is 0 Å². The second-order valence-electron chi connectivity index (χ2n) is 5.33. The molecule has 0 atom stereocenters. The molecular formula is C18H18Cl2N2O2. The van der Waals surface area contributed by atoms with Crippen LogP contribution in [0.15, 0.2) is 42.5 Å². The topological polar surface area (TPSA) is 58.2 Å². The van der Waals surface area contributed by atoms with E-state index in [1.54, 1.807) is 24.3 Å². The lowest BCUT2D eigenvalue weighted by atomic mass is 10.1. The fourth-order valence-electron chi connectivity index (χ4n) is 2.21. The molecular weight excluding hydrogens is 347 g/mol. The van der Waals surface area contributed by atoms with Crippen molar-refractivity contribution in [3.8, 4) is 0 Å². The molecule has 2 aromatic carbocycles. The van der Waals surface area contributed by atoms with Crippen LogP contribution < -0.4 is 10.6 Å². The number of amides is 2. The standard InChI is InChI=1S/C18H18Cl2N2O2/c1-12-4-2-3-5-15(12)18(24)22-11-17(23)21-9-8-13-6-7-14(19)10-16(13)20/h2-7,10H,8-9,11H2,1H3,(H,21,23)(H,22,24). The average molecular weight is 365 g/mol. The Kier molecular flexibility index (Phi) is 6.64. The lowest BCUT2D eigenvalue weighted by Gasteiger charge is -2.09. The van der Waals surface area contributed by atoms with Crippen molar-refractivity contribution in [2.75, 3.05) is 13.1 Å². The van der Waals surface area contributed by atoms with Crippen LogP contribution in [0.3, 0.4) is 0 Å². The minimum atomic E-state index is -0.260. The molecule has 0 aliphatic heterocycles. The summed E-state index contributed by atoms with van der Waals surface area (Å²) in [5, 5.41) is 6.51. The quantitative estimate of drug-likeness (QED) is 0.825. The lowest BCUT2D eigenvalue weighted by Crippen LogP contribution is -2.37. The molecule has 2 aromatic rings. The van der Waals surface area contributed by atoms with Crippen LogP contribution >= 0.6 is 23.2 Å². The summed E-state index contributed by atoms with van der Waals surface area (Å²) in [5.41, 5.74) is 2.34. The highest BCUT2D eigenvalue weighted by Crippen LogP contribution is 2.20. The fraction of sp³-hybridized carbons (Fsp3) is 0.222. The van der Waals surface area contributed by atoms with Gasteiger partial charge in [0.15, 0.2) is 0 Å². The van der Waals surface area contributed by atoms with Gasteiger partial charge in [0.05, 0.1) is 6.54 Å². The van der Waals surface area contributed by atoms with Gasteiger partial charge in [-0.1, -0.05) is 47.5 Å². The Bertz CT molecular complexity index is 748. The molecule has 4 nitrogen and oxygen atoms in total. The number of halogens is 2. The van der Waals surface area contributed by atoms with Gasteiger partial charge in [-0.15, -0.1) is 0 Å². The van der Waals surface area contributed by atoms with Gasteiger partial charge in [0, 0.05) is 22.2 Å². The van der Waals surface area contributed by atoms with Crippen LogP contribution in [0.5, 0.6) is 0 Å². The second-order valence-corrected chi connectivity index (χ2v) is 6.18. The molecule has 2 rings (SSSR count). The molecule has 0 spiro atoms. The molecule has 0 aliphatic carbocycles. The van der Waals surface area contributed by atoms with Gasteiger partial charge in [-0.05, 0) is 42.7 Å². The van der Waals surface area contributed by atoms with Crippen molar-refractivity contribution in [1.82, 2.24) is 10.6 Å². The minimum Gasteiger partial charge on any atom is -0.354 e. The lowest BCUT2D eigenvalue weighted by molar-refractivity contribution is -0.120. The Hall–Kier alpha value is -2.04. The number of rotatable bonds is 6. The summed E-state index contributed by atoms with van der Waals surface area (Å²) in [7, 11) is 0. The minimum absolute atomic E-state index is 0.0679. The first-order valence-electron chi connectivity index (χ1n) is 7.52. The van der Waals surface area contributed by atoms with Crippen molar-refractivity contribution < 1.29 is 9.59 Å². The van der Waals surface area contributed by atoms with E-state index in [1.807, 2.05) is 25.1 Å². The van der Waals surface area contributed by atoms with Gasteiger partial charge in [0.25, 0.3) is 5.91 Å². The van der Waals surface area contributed by atoms with E-state index in [0.717, 1.165) is 11.1 Å². The van der Waals surface area contributed by atoms with Crippen molar-refractivity contribution in [2.24, 2.45) is 0 Å². The third kappa shape index (κ3) is 5.25. The zero-order valence-corrected chi connectivity index (χ0v) is 14.7. The van der Waals surface area contributed by atoms with E-state index in [2.05, 4.69) is 10.6 Å². The van der Waals surface area contributed by atoms with E-state index in [4.69, 9.17) is 23.2 Å². The van der Waals surface area contributed by atoms with Gasteiger partial charge in [-0.25, -0.2) is 0 Å². The van der Waals surface area contributed by atoms with Crippen molar-refractivity contribution in [3.63, 3.8) is 0 Å². The van der Waals surface area contributed by atoms with Crippen molar-refractivity contribution >= 4 is 35.0 Å². The molecule has 0 aromatic heterocycles. The Morgan fingerprint density at radius 2 is 1.79 bits per heavy atom. The van der Waals surface area contributed by atoms with E-state index < -0.39 is 0 Å². The predicted molar refractivity (Wildman–Crippen MR) is 96.7 cm³/mol. The van der Waals surface area contributed by atoms with Gasteiger partial charge in [-0.2, -0.15) is 0 Å². The maximum absolute atomic E-state index is 12.0. The van der Waals surface area contributed by atoms with Crippen LogP contribution in [0, 0.1) is 6.92 Å². The number of carbonyl (C=O) groups is 2. The van der Waals surface area contributed by atoms with Gasteiger partial charge in [-0.3, -0.25) is 9.59 Å². The first kappa shape index (κ1) is 18.3. The Balaban J connectivity index is 1.75. The molecule has 2 N–H and O–H groups in total. The molecule has 0 unspecified atom stereocenters. The van der Waals surface area contributed by atoms with Crippen molar-refractivity contribution in [1.29, 1.82) is 0 Å². The highest BCUT2D eigenvalue weighted by Gasteiger charge is 2.10. The Labute approximate surface area is 151 Å². The summed E-state index contributed by atoms with van der Waals surface area (Å²) in [6.07, 6.45) is 0.591. The summed E-state index contributed by atoms with van der Waals surface area (Å²) < 4.78 is 0. The summed E-state index contributed by atoms with van der Waals surface area (Å²) in [5.74, 6) is -0.508. The largest absolute Gasteiger partial charge is 0.354 e. The number of benzene rings is 2. The summed E-state index contributed by atoms with van der Waals surface area (Å²) in [6.45, 7) is 2.22. The summed E-state index contributed by atoms with van der Waals surface area (Å²) in [4.78, 5) is 23.8. The SMILES string of the molecule is Cc1ccccc1C(=O)NCC(=O)NCCc1ccc(Cl)cc1Cl. The highest BCUT2D eigenvalue weighted by molar-refractivity contribution is 6.35. The van der Waals surface area contributed by atoms with E-state index in [9.17, 15) is 9.59 Å². The fourth-order valence-corrected chi connectivity index (χ4v) is 2.71. The summed E-state index contributed by atoms with van der Waals surface area (Å²) in [6, 6.07) is 12.5. The Morgan fingerprint density at radius 3 is 2.50 bits per heavy atom. The third-order valence-electron chi connectivity index (χ3n) is 3.53. The first-order valence-corrected chi connectivity index (χ1v) is 8.27. The number of nitrogens with one attached hydrogen (secondary N) is 2. The number of carbonyl (C=O) groups excluding carboxylic acids is 2. The highest BCUT2D eigenvalue weighted by atomic mass is 35.5. The molecule has 0 saturated carbocycles. The van der Waals surface area contributed by atoms with E-state index >= 15 is 0 Å².